The van der Waals surface area contributed by atoms with Crippen LogP contribution in [0.2, 0.25) is 0 Å². The second-order valence-electron chi connectivity index (χ2n) is 13.9. The average molecular weight is 595 g/mol. The summed E-state index contributed by atoms with van der Waals surface area (Å²) in [6, 6.07) is 0. The maximum Gasteiger partial charge on any atom is 0.171 e. The molecule has 0 aromatic carbocycles. The Morgan fingerprint density at radius 2 is 1.41 bits per heavy atom. The van der Waals surface area contributed by atoms with Crippen molar-refractivity contribution in [3.8, 4) is 0 Å². The molecule has 0 aliphatic heterocycles. The molecule has 2 heteroatoms. The number of hydrogen-bond acceptors (Lipinski definition) is 1. The Bertz CT molecular complexity index is 1370. The Kier molecular flexibility index (Phi) is 15.0. The molecule has 238 valence electrons. The summed E-state index contributed by atoms with van der Waals surface area (Å²) < 4.78 is 2.02. The largest absolute Gasteiger partial charge is 0.390 e. The van der Waals surface area contributed by atoms with Crippen molar-refractivity contribution in [2.75, 3.05) is 13.2 Å². The van der Waals surface area contributed by atoms with Crippen LogP contribution in [0, 0.1) is 10.8 Å². The highest BCUT2D eigenvalue weighted by Gasteiger charge is 2.27. The van der Waals surface area contributed by atoms with Crippen molar-refractivity contribution in [1.82, 2.24) is 0 Å². The first kappa shape index (κ1) is 37.0. The Morgan fingerprint density at radius 3 is 2.02 bits per heavy atom. The summed E-state index contributed by atoms with van der Waals surface area (Å²) in [6.07, 6.45) is 38.6. The van der Waals surface area contributed by atoms with Crippen LogP contribution in [0.1, 0.15) is 101 Å². The van der Waals surface area contributed by atoms with Crippen LogP contribution in [-0.2, 0) is 0 Å². The molecule has 0 aromatic rings. The molecule has 0 unspecified atom stereocenters. The minimum Gasteiger partial charge on any atom is -0.390 e. The van der Waals surface area contributed by atoms with E-state index >= 15 is 0 Å². The SMILES string of the molecule is CC1=CCCC(C)(C)/C1=C/C=C(C)/C=C/C=C(C)/C=C/[N+](=C/C=C(C)/C=C/C=C(C)/C=C/C1=C(C)CCCC1(C)C)CCO. The number of hydrogen-bond donors (Lipinski definition) is 1. The van der Waals surface area contributed by atoms with E-state index in [0.29, 0.717) is 6.54 Å². The highest BCUT2D eigenvalue weighted by molar-refractivity contribution is 5.68. The van der Waals surface area contributed by atoms with Crippen LogP contribution < -0.4 is 0 Å². The summed E-state index contributed by atoms with van der Waals surface area (Å²) in [4.78, 5) is 0. The van der Waals surface area contributed by atoms with E-state index in [4.69, 9.17) is 0 Å². The van der Waals surface area contributed by atoms with Gasteiger partial charge < -0.3 is 5.11 Å². The van der Waals surface area contributed by atoms with Crippen molar-refractivity contribution in [2.24, 2.45) is 10.8 Å². The van der Waals surface area contributed by atoms with E-state index < -0.39 is 0 Å². The van der Waals surface area contributed by atoms with Gasteiger partial charge >= 0.3 is 0 Å². The van der Waals surface area contributed by atoms with Gasteiger partial charge in [0.2, 0.25) is 0 Å². The second kappa shape index (κ2) is 17.9. The molecule has 0 radical (unpaired) electrons. The molecule has 0 fully saturated rings. The number of allylic oxidation sites excluding steroid dienone is 21. The minimum absolute atomic E-state index is 0.0954. The van der Waals surface area contributed by atoms with E-state index in [0.717, 1.165) is 11.1 Å². The molecule has 0 spiro atoms. The molecule has 0 saturated carbocycles. The summed E-state index contributed by atoms with van der Waals surface area (Å²) in [5, 5.41) is 9.57. The van der Waals surface area contributed by atoms with Crippen LogP contribution in [0.15, 0.2) is 130 Å². The third kappa shape index (κ3) is 12.8. The zero-order valence-corrected chi connectivity index (χ0v) is 29.5. The molecule has 2 aliphatic rings. The number of rotatable bonds is 12. The number of aliphatic hydroxyl groups excluding tert-OH is 1. The predicted molar refractivity (Wildman–Crippen MR) is 195 cm³/mol. The predicted octanol–water partition coefficient (Wildman–Crippen LogP) is 11.2. The minimum atomic E-state index is 0.0954. The number of nitrogens with zero attached hydrogens (tertiary/aromatic N) is 1. The summed E-state index contributed by atoms with van der Waals surface area (Å²) in [5.74, 6) is 0. The van der Waals surface area contributed by atoms with E-state index in [-0.39, 0.29) is 17.4 Å². The normalized spacial score (nSPS) is 22.0. The van der Waals surface area contributed by atoms with E-state index in [1.165, 1.54) is 65.5 Å². The highest BCUT2D eigenvalue weighted by Crippen LogP contribution is 2.41. The van der Waals surface area contributed by atoms with Gasteiger partial charge in [0.05, 0.1) is 0 Å². The monoisotopic (exact) mass is 594 g/mol. The molecule has 0 amide bonds. The van der Waals surface area contributed by atoms with Gasteiger partial charge in [-0.25, -0.2) is 4.58 Å². The second-order valence-corrected chi connectivity index (χ2v) is 13.9. The van der Waals surface area contributed by atoms with Crippen molar-refractivity contribution in [3.05, 3.63) is 130 Å². The van der Waals surface area contributed by atoms with Gasteiger partial charge in [-0.2, -0.15) is 0 Å². The quantitative estimate of drug-likeness (QED) is 0.136. The van der Waals surface area contributed by atoms with Gasteiger partial charge in [0.15, 0.2) is 19.0 Å². The zero-order valence-electron chi connectivity index (χ0n) is 29.5. The van der Waals surface area contributed by atoms with Gasteiger partial charge in [0, 0.05) is 12.2 Å². The first-order chi connectivity index (χ1) is 20.7. The Morgan fingerprint density at radius 1 is 0.795 bits per heavy atom. The molecule has 44 heavy (non-hydrogen) atoms. The van der Waals surface area contributed by atoms with Crippen molar-refractivity contribution >= 4 is 6.21 Å². The van der Waals surface area contributed by atoms with Gasteiger partial charge in [0.25, 0.3) is 0 Å². The molecule has 0 aromatic heterocycles. The van der Waals surface area contributed by atoms with Crippen molar-refractivity contribution < 1.29 is 9.68 Å². The van der Waals surface area contributed by atoms with Gasteiger partial charge in [-0.15, -0.1) is 0 Å². The standard InChI is InChI=1S/C42H60NO/c1-33(21-23-39-37(5)19-13-27-41(39,7)8)15-11-17-35(3)25-29-43(31-32-44)30-26-36(4)18-12-16-34(2)22-24-40-38(6)20-14-28-42(40,9)10/h11-12,15-19,21-26,29-30,44H,13-14,20,27-28,31-32H2,1-10H3/q+1/b15-11+,18-12+,24-22+,29-25+,33-21+,34-16+,35-17+,36-26+,39-23+,43-30-. The molecule has 2 rings (SSSR count). The summed E-state index contributed by atoms with van der Waals surface area (Å²) in [5.41, 5.74) is 11.1. The van der Waals surface area contributed by atoms with E-state index in [2.05, 4.69) is 148 Å². The lowest BCUT2D eigenvalue weighted by atomic mass is 9.72. The van der Waals surface area contributed by atoms with Gasteiger partial charge in [-0.05, 0) is 107 Å². The van der Waals surface area contributed by atoms with Crippen molar-refractivity contribution in [2.45, 2.75) is 101 Å². The van der Waals surface area contributed by atoms with Crippen LogP contribution in [0.4, 0.5) is 0 Å². The van der Waals surface area contributed by atoms with E-state index in [1.807, 2.05) is 17.0 Å². The first-order valence-corrected chi connectivity index (χ1v) is 16.5. The zero-order chi connectivity index (χ0) is 32.8. The molecular formula is C42H60NO+. The van der Waals surface area contributed by atoms with E-state index in [1.54, 1.807) is 0 Å². The van der Waals surface area contributed by atoms with Crippen molar-refractivity contribution in [3.63, 3.8) is 0 Å². The summed E-state index contributed by atoms with van der Waals surface area (Å²) >= 11 is 0. The van der Waals surface area contributed by atoms with Gasteiger partial charge in [0.1, 0.15) is 6.61 Å². The molecule has 0 saturated heterocycles. The van der Waals surface area contributed by atoms with Crippen LogP contribution in [0.5, 0.6) is 0 Å². The molecule has 0 heterocycles. The molecule has 2 aliphatic carbocycles. The molecule has 0 bridgehead atoms. The fourth-order valence-electron chi connectivity index (χ4n) is 5.89. The van der Waals surface area contributed by atoms with Crippen molar-refractivity contribution in [1.29, 1.82) is 0 Å². The van der Waals surface area contributed by atoms with Crippen LogP contribution in [0.25, 0.3) is 0 Å². The Hall–Kier alpha value is -3.23. The fourth-order valence-corrected chi connectivity index (χ4v) is 5.89. The van der Waals surface area contributed by atoms with Gasteiger partial charge in [-0.3, -0.25) is 0 Å². The molecule has 1 N–H and O–H groups in total. The lowest BCUT2D eigenvalue weighted by Crippen LogP contribution is -2.19. The van der Waals surface area contributed by atoms with Crippen LogP contribution >= 0.6 is 0 Å². The van der Waals surface area contributed by atoms with Crippen LogP contribution in [-0.4, -0.2) is 29.0 Å². The summed E-state index contributed by atoms with van der Waals surface area (Å²) in [7, 11) is 0. The fraction of sp³-hybridized carbons (Fsp3) is 0.452. The highest BCUT2D eigenvalue weighted by atomic mass is 16.3. The topological polar surface area (TPSA) is 23.2 Å². The lowest BCUT2D eigenvalue weighted by molar-refractivity contribution is -0.454. The Labute approximate surface area is 270 Å². The third-order valence-corrected chi connectivity index (χ3v) is 8.79. The average Bonchev–Trinajstić information content (AvgIpc) is 2.93. The smallest absolute Gasteiger partial charge is 0.171 e. The molecular weight excluding hydrogens is 534 g/mol. The molecule has 2 nitrogen and oxygen atoms in total. The number of aliphatic hydroxyl groups is 1. The maximum atomic E-state index is 9.57. The van der Waals surface area contributed by atoms with E-state index in [9.17, 15) is 5.11 Å². The van der Waals surface area contributed by atoms with Crippen LogP contribution in [0.3, 0.4) is 0 Å². The third-order valence-electron chi connectivity index (χ3n) is 8.79. The molecule has 0 atom stereocenters. The Balaban J connectivity index is 2.02. The first-order valence-electron chi connectivity index (χ1n) is 16.5. The summed E-state index contributed by atoms with van der Waals surface area (Å²) in [6.45, 7) is 23.0. The maximum absolute atomic E-state index is 9.57. The van der Waals surface area contributed by atoms with Gasteiger partial charge in [-0.1, -0.05) is 117 Å². The lowest BCUT2D eigenvalue weighted by Gasteiger charge is -2.32.